The summed E-state index contributed by atoms with van der Waals surface area (Å²) in [4.78, 5) is 24.3. The van der Waals surface area contributed by atoms with E-state index in [2.05, 4.69) is 10.6 Å². The van der Waals surface area contributed by atoms with Crippen LogP contribution < -0.4 is 10.6 Å². The number of hydrogen-bond acceptors (Lipinski definition) is 3. The summed E-state index contributed by atoms with van der Waals surface area (Å²) in [6, 6.07) is 6.14. The number of fused-ring (bicyclic) bond motifs is 1. The smallest absolute Gasteiger partial charge is 0.231 e. The molecule has 0 aromatic heterocycles. The van der Waals surface area contributed by atoms with E-state index in [-0.39, 0.29) is 41.7 Å². The van der Waals surface area contributed by atoms with Crippen molar-refractivity contribution in [3.8, 4) is 0 Å². The first kappa shape index (κ1) is 15.6. The molecule has 0 unspecified atom stereocenters. The second-order valence-electron chi connectivity index (χ2n) is 7.08. The summed E-state index contributed by atoms with van der Waals surface area (Å²) < 4.78 is 19.8. The van der Waals surface area contributed by atoms with Crippen LogP contribution in [-0.2, 0) is 19.7 Å². The predicted octanol–water partition coefficient (Wildman–Crippen LogP) is 1.27. The molecule has 4 atom stereocenters. The van der Waals surface area contributed by atoms with Crippen molar-refractivity contribution in [2.75, 3.05) is 6.61 Å². The van der Waals surface area contributed by atoms with Crippen molar-refractivity contribution in [2.45, 2.75) is 49.8 Å². The van der Waals surface area contributed by atoms with Crippen LogP contribution in [-0.4, -0.2) is 36.6 Å². The van der Waals surface area contributed by atoms with Crippen LogP contribution in [0.1, 0.15) is 31.7 Å². The number of benzene rings is 1. The normalized spacial score (nSPS) is 32.4. The van der Waals surface area contributed by atoms with E-state index in [4.69, 9.17) is 4.74 Å². The summed E-state index contributed by atoms with van der Waals surface area (Å²) in [5.74, 6) is -0.386. The van der Waals surface area contributed by atoms with Crippen LogP contribution in [0.15, 0.2) is 24.3 Å². The van der Waals surface area contributed by atoms with Crippen LogP contribution in [0.5, 0.6) is 0 Å². The van der Waals surface area contributed by atoms with Crippen molar-refractivity contribution in [2.24, 2.45) is 5.92 Å². The fraction of sp³-hybridized carbons (Fsp3) is 0.556. The molecule has 1 aliphatic heterocycles. The van der Waals surface area contributed by atoms with Crippen LogP contribution in [0.2, 0.25) is 0 Å². The zero-order valence-electron chi connectivity index (χ0n) is 13.5. The molecule has 6 heteroatoms. The minimum absolute atomic E-state index is 0.0252. The topological polar surface area (TPSA) is 67.4 Å². The van der Waals surface area contributed by atoms with E-state index in [0.29, 0.717) is 25.0 Å². The monoisotopic (exact) mass is 332 g/mol. The summed E-state index contributed by atoms with van der Waals surface area (Å²) >= 11 is 0. The maximum atomic E-state index is 14.1. The first-order valence-electron chi connectivity index (χ1n) is 8.47. The zero-order chi connectivity index (χ0) is 16.9. The Bertz CT molecular complexity index is 689. The third-order valence-electron chi connectivity index (χ3n) is 5.63. The maximum Gasteiger partial charge on any atom is 0.231 e. The summed E-state index contributed by atoms with van der Waals surface area (Å²) in [5, 5.41) is 5.95. The molecule has 0 bridgehead atoms. The molecule has 5 nitrogen and oxygen atoms in total. The first-order chi connectivity index (χ1) is 11.5. The summed E-state index contributed by atoms with van der Waals surface area (Å²) in [6.07, 6.45) is 2.16. The third kappa shape index (κ3) is 2.32. The average Bonchev–Trinajstić information content (AvgIpc) is 3.24. The lowest BCUT2D eigenvalue weighted by molar-refractivity contribution is -0.131. The summed E-state index contributed by atoms with van der Waals surface area (Å²) in [6.45, 7) is 2.11. The quantitative estimate of drug-likeness (QED) is 0.872. The molecule has 3 fully saturated rings. The van der Waals surface area contributed by atoms with E-state index >= 15 is 0 Å². The highest BCUT2D eigenvalue weighted by Crippen LogP contribution is 2.50. The second-order valence-corrected chi connectivity index (χ2v) is 7.08. The zero-order valence-corrected chi connectivity index (χ0v) is 13.5. The van der Waals surface area contributed by atoms with Gasteiger partial charge in [0.05, 0.1) is 23.6 Å². The highest BCUT2D eigenvalue weighted by Gasteiger charge is 2.58. The molecular weight excluding hydrogens is 311 g/mol. The van der Waals surface area contributed by atoms with Crippen molar-refractivity contribution in [3.05, 3.63) is 35.6 Å². The van der Waals surface area contributed by atoms with Crippen molar-refractivity contribution in [1.82, 2.24) is 10.6 Å². The lowest BCUT2D eigenvalue weighted by Gasteiger charge is -2.48. The molecule has 2 N–H and O–H groups in total. The lowest BCUT2D eigenvalue weighted by Crippen LogP contribution is -2.71. The van der Waals surface area contributed by atoms with Crippen LogP contribution >= 0.6 is 0 Å². The molecule has 2 aliphatic carbocycles. The first-order valence-corrected chi connectivity index (χ1v) is 8.47. The summed E-state index contributed by atoms with van der Waals surface area (Å²) in [7, 11) is 0. The molecule has 4 rings (SSSR count). The van der Waals surface area contributed by atoms with Gasteiger partial charge in [0.25, 0.3) is 0 Å². The Balaban J connectivity index is 1.51. The van der Waals surface area contributed by atoms with Gasteiger partial charge in [0.15, 0.2) is 0 Å². The van der Waals surface area contributed by atoms with Gasteiger partial charge in [-0.25, -0.2) is 4.39 Å². The molecule has 0 radical (unpaired) electrons. The second kappa shape index (κ2) is 5.55. The van der Waals surface area contributed by atoms with Gasteiger partial charge in [0.1, 0.15) is 5.82 Å². The molecule has 24 heavy (non-hydrogen) atoms. The lowest BCUT2D eigenvalue weighted by atomic mass is 9.71. The molecule has 2 saturated carbocycles. The molecule has 1 saturated heterocycles. The molecule has 1 aromatic carbocycles. The molecule has 2 amide bonds. The van der Waals surface area contributed by atoms with E-state index in [1.54, 1.807) is 18.2 Å². The Kier molecular flexibility index (Phi) is 3.60. The van der Waals surface area contributed by atoms with Crippen LogP contribution in [0.25, 0.3) is 0 Å². The fourth-order valence-electron chi connectivity index (χ4n) is 4.19. The molecule has 3 aliphatic rings. The molecule has 0 spiro atoms. The van der Waals surface area contributed by atoms with Crippen molar-refractivity contribution in [1.29, 1.82) is 0 Å². The van der Waals surface area contributed by atoms with E-state index in [1.807, 2.05) is 0 Å². The Morgan fingerprint density at radius 2 is 1.96 bits per heavy atom. The Hall–Kier alpha value is -1.95. The third-order valence-corrected chi connectivity index (χ3v) is 5.63. The van der Waals surface area contributed by atoms with Gasteiger partial charge >= 0.3 is 0 Å². The Morgan fingerprint density at radius 1 is 1.21 bits per heavy atom. The van der Waals surface area contributed by atoms with Crippen LogP contribution in [0.4, 0.5) is 4.39 Å². The van der Waals surface area contributed by atoms with Gasteiger partial charge in [0, 0.05) is 25.0 Å². The fourth-order valence-corrected chi connectivity index (χ4v) is 4.19. The van der Waals surface area contributed by atoms with Gasteiger partial charge < -0.3 is 15.4 Å². The van der Waals surface area contributed by atoms with E-state index in [1.165, 1.54) is 13.0 Å². The summed E-state index contributed by atoms with van der Waals surface area (Å²) in [5.41, 5.74) is -0.284. The van der Waals surface area contributed by atoms with Crippen LogP contribution in [0.3, 0.4) is 0 Å². The van der Waals surface area contributed by atoms with Gasteiger partial charge in [-0.2, -0.15) is 0 Å². The molecular formula is C18H21FN2O3. The van der Waals surface area contributed by atoms with E-state index in [9.17, 15) is 14.0 Å². The van der Waals surface area contributed by atoms with E-state index in [0.717, 1.165) is 6.42 Å². The van der Waals surface area contributed by atoms with Gasteiger partial charge in [0.2, 0.25) is 11.8 Å². The molecule has 128 valence electrons. The van der Waals surface area contributed by atoms with Crippen molar-refractivity contribution >= 4 is 11.8 Å². The highest BCUT2D eigenvalue weighted by molar-refractivity contribution is 5.91. The number of rotatable bonds is 4. The maximum absolute atomic E-state index is 14.1. The number of nitrogens with one attached hydrogen (secondary N) is 2. The number of carbonyl (C=O) groups excluding carboxylic acids is 2. The van der Waals surface area contributed by atoms with Gasteiger partial charge in [-0.3, -0.25) is 9.59 Å². The average molecular weight is 332 g/mol. The van der Waals surface area contributed by atoms with Crippen molar-refractivity contribution in [3.63, 3.8) is 0 Å². The Morgan fingerprint density at radius 3 is 2.62 bits per heavy atom. The number of carbonyl (C=O) groups is 2. The number of ether oxygens (including phenoxy) is 1. The number of hydrogen-bond donors (Lipinski definition) is 2. The van der Waals surface area contributed by atoms with Gasteiger partial charge in [-0.1, -0.05) is 18.2 Å². The van der Waals surface area contributed by atoms with Gasteiger partial charge in [-0.15, -0.1) is 0 Å². The number of amides is 2. The SMILES string of the molecule is CC(=O)N[C@H]1[C@H](NC(=O)C2(c3ccccc3F)CC2)[C@@H]2CCO[C@@H]21. The van der Waals surface area contributed by atoms with Gasteiger partial charge in [-0.05, 0) is 25.3 Å². The predicted molar refractivity (Wildman–Crippen MR) is 84.7 cm³/mol. The largest absolute Gasteiger partial charge is 0.376 e. The standard InChI is InChI=1S/C18H21FN2O3/c1-10(22)20-15-14(11-6-9-24-16(11)15)21-17(23)18(7-8-18)12-4-2-3-5-13(12)19/h2-5,11,14-16H,6-9H2,1H3,(H,20,22)(H,21,23)/t11-,14+,15-,16-/m0/s1. The molecule has 1 aromatic rings. The van der Waals surface area contributed by atoms with Crippen molar-refractivity contribution < 1.29 is 18.7 Å². The van der Waals surface area contributed by atoms with Crippen LogP contribution in [0, 0.1) is 11.7 Å². The minimum atomic E-state index is -0.753. The highest BCUT2D eigenvalue weighted by atomic mass is 19.1. The minimum Gasteiger partial charge on any atom is -0.376 e. The number of halogens is 1. The van der Waals surface area contributed by atoms with E-state index < -0.39 is 5.41 Å². The Labute approximate surface area is 139 Å². The molecule has 1 heterocycles.